The van der Waals surface area contributed by atoms with Gasteiger partial charge in [0.2, 0.25) is 0 Å². The van der Waals surface area contributed by atoms with Crippen LogP contribution in [0.5, 0.6) is 0 Å². The maximum Gasteiger partial charge on any atom is 0.303 e. The summed E-state index contributed by atoms with van der Waals surface area (Å²) in [7, 11) is 0. The van der Waals surface area contributed by atoms with Crippen LogP contribution in [0.3, 0.4) is 0 Å². The fraction of sp³-hybridized carbons (Fsp3) is 0.545. The van der Waals surface area contributed by atoms with E-state index in [-0.39, 0.29) is 11.8 Å². The zero-order chi connectivity index (χ0) is 13.3. The summed E-state index contributed by atoms with van der Waals surface area (Å²) in [4.78, 5) is 15.0. The summed E-state index contributed by atoms with van der Waals surface area (Å²) in [6.07, 6.45) is 6.36. The normalized spacial score (nSPS) is 17.1. The number of carboxylic acid groups (broad SMARTS) is 1. The molecule has 2 heterocycles. The quantitative estimate of drug-likeness (QED) is 0.811. The maximum absolute atomic E-state index is 10.9. The van der Waals surface area contributed by atoms with Gasteiger partial charge >= 0.3 is 5.97 Å². The van der Waals surface area contributed by atoms with E-state index in [4.69, 9.17) is 5.11 Å². The Hall–Kier alpha value is -2.25. The van der Waals surface area contributed by atoms with Crippen LogP contribution in [0.1, 0.15) is 25.7 Å². The number of carbonyl (C=O) groups is 1. The number of nitrogens with one attached hydrogen (secondary N) is 1. The minimum absolute atomic E-state index is 0.151. The van der Waals surface area contributed by atoms with Crippen LogP contribution in [-0.4, -0.2) is 42.6 Å². The monoisotopic (exact) mass is 262 g/mol. The zero-order valence-electron chi connectivity index (χ0n) is 10.3. The van der Waals surface area contributed by atoms with Gasteiger partial charge in [-0.1, -0.05) is 6.42 Å². The van der Waals surface area contributed by atoms with Crippen LogP contribution in [0, 0.1) is 5.41 Å². The lowest BCUT2D eigenvalue weighted by Gasteiger charge is -2.41. The number of tetrazole rings is 1. The SMILES string of the molecule is O=C(O)CC1(CNc2cncc3nnnn23)CCC1. The molecule has 1 aliphatic carbocycles. The number of aliphatic carboxylic acids is 1. The fourth-order valence-corrected chi connectivity index (χ4v) is 2.49. The number of hydrogen-bond donors (Lipinski definition) is 2. The highest BCUT2D eigenvalue weighted by Gasteiger charge is 2.38. The van der Waals surface area contributed by atoms with Crippen molar-refractivity contribution < 1.29 is 9.90 Å². The number of fused-ring (bicyclic) bond motifs is 1. The van der Waals surface area contributed by atoms with Crippen molar-refractivity contribution in [3.63, 3.8) is 0 Å². The summed E-state index contributed by atoms with van der Waals surface area (Å²) < 4.78 is 1.56. The predicted molar refractivity (Wildman–Crippen MR) is 65.6 cm³/mol. The number of hydrogen-bond acceptors (Lipinski definition) is 6. The van der Waals surface area contributed by atoms with Crippen molar-refractivity contribution in [2.75, 3.05) is 11.9 Å². The number of carboxylic acids is 1. The molecule has 0 radical (unpaired) electrons. The maximum atomic E-state index is 10.9. The second-order valence-electron chi connectivity index (χ2n) is 5.02. The summed E-state index contributed by atoms with van der Waals surface area (Å²) in [5.41, 5.74) is 0.410. The molecule has 0 saturated heterocycles. The summed E-state index contributed by atoms with van der Waals surface area (Å²) >= 11 is 0. The summed E-state index contributed by atoms with van der Waals surface area (Å²) in [5.74, 6) is -0.0700. The van der Waals surface area contributed by atoms with Gasteiger partial charge in [0.15, 0.2) is 5.65 Å². The molecule has 2 N–H and O–H groups in total. The summed E-state index contributed by atoms with van der Waals surface area (Å²) in [6, 6.07) is 0. The highest BCUT2D eigenvalue weighted by molar-refractivity contribution is 5.68. The van der Waals surface area contributed by atoms with Crippen molar-refractivity contribution in [1.82, 2.24) is 25.0 Å². The van der Waals surface area contributed by atoms with Gasteiger partial charge in [-0.05, 0) is 28.7 Å². The van der Waals surface area contributed by atoms with Crippen LogP contribution in [-0.2, 0) is 4.79 Å². The molecule has 0 amide bonds. The molecule has 1 fully saturated rings. The Kier molecular flexibility index (Phi) is 2.77. The van der Waals surface area contributed by atoms with Crippen LogP contribution < -0.4 is 5.32 Å². The number of nitrogens with zero attached hydrogens (tertiary/aromatic N) is 5. The van der Waals surface area contributed by atoms with Crippen molar-refractivity contribution in [1.29, 1.82) is 0 Å². The molecular formula is C11H14N6O2. The Morgan fingerprint density at radius 3 is 3.00 bits per heavy atom. The predicted octanol–water partition coefficient (Wildman–Crippen LogP) is 0.576. The Bertz CT molecular complexity index is 606. The van der Waals surface area contributed by atoms with Gasteiger partial charge in [-0.3, -0.25) is 9.78 Å². The van der Waals surface area contributed by atoms with Gasteiger partial charge in [0.1, 0.15) is 5.82 Å². The third kappa shape index (κ3) is 2.20. The molecule has 0 spiro atoms. The van der Waals surface area contributed by atoms with E-state index in [0.717, 1.165) is 19.3 Å². The molecule has 0 atom stereocenters. The van der Waals surface area contributed by atoms with Gasteiger partial charge in [-0.2, -0.15) is 4.52 Å². The molecule has 0 aliphatic heterocycles. The van der Waals surface area contributed by atoms with Gasteiger partial charge in [0.25, 0.3) is 0 Å². The van der Waals surface area contributed by atoms with E-state index < -0.39 is 5.97 Å². The van der Waals surface area contributed by atoms with Gasteiger partial charge in [-0.15, -0.1) is 5.10 Å². The number of rotatable bonds is 5. The van der Waals surface area contributed by atoms with Crippen LogP contribution in [0.25, 0.3) is 5.65 Å². The van der Waals surface area contributed by atoms with Gasteiger partial charge < -0.3 is 10.4 Å². The fourth-order valence-electron chi connectivity index (χ4n) is 2.49. The number of anilines is 1. The minimum Gasteiger partial charge on any atom is -0.481 e. The van der Waals surface area contributed by atoms with E-state index in [1.165, 1.54) is 0 Å². The molecule has 0 aromatic carbocycles. The second kappa shape index (κ2) is 4.45. The van der Waals surface area contributed by atoms with Crippen molar-refractivity contribution in [2.24, 2.45) is 5.41 Å². The smallest absolute Gasteiger partial charge is 0.303 e. The first-order valence-corrected chi connectivity index (χ1v) is 6.16. The molecule has 8 heteroatoms. The first kappa shape index (κ1) is 11.8. The van der Waals surface area contributed by atoms with Crippen LogP contribution in [0.4, 0.5) is 5.82 Å². The van der Waals surface area contributed by atoms with Crippen molar-refractivity contribution in [3.05, 3.63) is 12.4 Å². The average molecular weight is 262 g/mol. The molecule has 8 nitrogen and oxygen atoms in total. The van der Waals surface area contributed by atoms with E-state index in [1.807, 2.05) is 0 Å². The topological polar surface area (TPSA) is 105 Å². The van der Waals surface area contributed by atoms with Gasteiger partial charge in [0.05, 0.1) is 18.8 Å². The Morgan fingerprint density at radius 2 is 2.32 bits per heavy atom. The molecule has 1 aliphatic rings. The van der Waals surface area contributed by atoms with Gasteiger partial charge in [-0.25, -0.2) is 0 Å². The molecule has 0 bridgehead atoms. The molecule has 1 saturated carbocycles. The van der Waals surface area contributed by atoms with E-state index >= 15 is 0 Å². The zero-order valence-corrected chi connectivity index (χ0v) is 10.3. The molecule has 2 aromatic rings. The van der Waals surface area contributed by atoms with Crippen molar-refractivity contribution in [3.8, 4) is 0 Å². The molecule has 3 rings (SSSR count). The second-order valence-corrected chi connectivity index (χ2v) is 5.02. The average Bonchev–Trinajstić information content (AvgIpc) is 2.80. The lowest BCUT2D eigenvalue weighted by atomic mass is 9.66. The standard InChI is InChI=1S/C11H14N6O2/c18-10(19)4-11(2-1-3-11)7-13-8-5-12-6-9-14-15-16-17(8)9/h5-6,13H,1-4,7H2,(H,18,19). The first-order valence-electron chi connectivity index (χ1n) is 6.16. The Balaban J connectivity index is 1.75. The summed E-state index contributed by atoms with van der Waals surface area (Å²) in [6.45, 7) is 0.597. The van der Waals surface area contributed by atoms with E-state index in [1.54, 1.807) is 16.9 Å². The van der Waals surface area contributed by atoms with Crippen LogP contribution in [0.15, 0.2) is 12.4 Å². The highest BCUT2D eigenvalue weighted by Crippen LogP contribution is 2.43. The van der Waals surface area contributed by atoms with E-state index in [9.17, 15) is 4.79 Å². The molecule has 2 aromatic heterocycles. The molecule has 19 heavy (non-hydrogen) atoms. The van der Waals surface area contributed by atoms with E-state index in [2.05, 4.69) is 25.8 Å². The van der Waals surface area contributed by atoms with Crippen molar-refractivity contribution >= 4 is 17.4 Å². The molecule has 100 valence electrons. The largest absolute Gasteiger partial charge is 0.481 e. The van der Waals surface area contributed by atoms with Crippen LogP contribution in [0.2, 0.25) is 0 Å². The molecule has 0 unspecified atom stereocenters. The van der Waals surface area contributed by atoms with Crippen molar-refractivity contribution in [2.45, 2.75) is 25.7 Å². The van der Waals surface area contributed by atoms with Gasteiger partial charge in [0, 0.05) is 6.54 Å². The Morgan fingerprint density at radius 1 is 1.47 bits per heavy atom. The first-order chi connectivity index (χ1) is 9.19. The highest BCUT2D eigenvalue weighted by atomic mass is 16.4. The third-order valence-electron chi connectivity index (χ3n) is 3.69. The minimum atomic E-state index is -0.750. The lowest BCUT2D eigenvalue weighted by molar-refractivity contribution is -0.141. The van der Waals surface area contributed by atoms with E-state index in [0.29, 0.717) is 18.0 Å². The third-order valence-corrected chi connectivity index (χ3v) is 3.69. The van der Waals surface area contributed by atoms with Crippen LogP contribution >= 0.6 is 0 Å². The summed E-state index contributed by atoms with van der Waals surface area (Å²) in [5, 5.41) is 23.4. The lowest BCUT2D eigenvalue weighted by Crippen LogP contribution is -2.38. The molecular weight excluding hydrogens is 248 g/mol. The number of aromatic nitrogens is 5. The Labute approximate surface area is 108 Å².